The first-order chi connectivity index (χ1) is 10.9. The standard InChI is InChI=1S/C18H28N2OS/c1(15-2-9-21-13-15)8-20(12-16-3-10-22-14-16)17-11-18(17)4-6-19-7-5-18/h3,10,14-15,17,19H,1-2,4-9,11-13H2. The second-order valence-electron chi connectivity index (χ2n) is 7.45. The molecule has 0 bridgehead atoms. The van der Waals surface area contributed by atoms with Crippen LogP contribution in [0.2, 0.25) is 0 Å². The lowest BCUT2D eigenvalue weighted by Gasteiger charge is -2.30. The van der Waals surface area contributed by atoms with Gasteiger partial charge in [0.2, 0.25) is 0 Å². The van der Waals surface area contributed by atoms with Crippen molar-refractivity contribution in [2.24, 2.45) is 11.3 Å². The van der Waals surface area contributed by atoms with E-state index in [9.17, 15) is 0 Å². The molecule has 1 aliphatic carbocycles. The van der Waals surface area contributed by atoms with Gasteiger partial charge >= 0.3 is 0 Å². The second kappa shape index (κ2) is 6.60. The maximum Gasteiger partial charge on any atom is 0.0495 e. The molecule has 3 aliphatic rings. The third-order valence-corrected chi connectivity index (χ3v) is 6.73. The largest absolute Gasteiger partial charge is 0.381 e. The van der Waals surface area contributed by atoms with Crippen LogP contribution in [0.15, 0.2) is 16.8 Å². The van der Waals surface area contributed by atoms with Crippen LogP contribution < -0.4 is 5.32 Å². The van der Waals surface area contributed by atoms with E-state index >= 15 is 0 Å². The van der Waals surface area contributed by atoms with Crippen molar-refractivity contribution in [3.05, 3.63) is 22.4 Å². The van der Waals surface area contributed by atoms with E-state index in [1.165, 1.54) is 57.3 Å². The van der Waals surface area contributed by atoms with Crippen molar-refractivity contribution in [3.8, 4) is 0 Å². The monoisotopic (exact) mass is 320 g/mol. The van der Waals surface area contributed by atoms with Crippen molar-refractivity contribution in [2.45, 2.75) is 44.7 Å². The Kier molecular flexibility index (Phi) is 4.54. The molecular formula is C18H28N2OS. The molecule has 1 aromatic heterocycles. The number of rotatable bonds is 6. The number of hydrogen-bond acceptors (Lipinski definition) is 4. The summed E-state index contributed by atoms with van der Waals surface area (Å²) in [5, 5.41) is 8.07. The highest BCUT2D eigenvalue weighted by molar-refractivity contribution is 7.07. The smallest absolute Gasteiger partial charge is 0.0495 e. The topological polar surface area (TPSA) is 24.5 Å². The first kappa shape index (κ1) is 15.1. The van der Waals surface area contributed by atoms with E-state index in [4.69, 9.17) is 4.74 Å². The Labute approximate surface area is 138 Å². The van der Waals surface area contributed by atoms with E-state index in [0.29, 0.717) is 5.41 Å². The van der Waals surface area contributed by atoms with Crippen LogP contribution in [0.5, 0.6) is 0 Å². The van der Waals surface area contributed by atoms with Crippen LogP contribution in [0, 0.1) is 11.3 Å². The SMILES string of the molecule is c1cc(CN(CCC2CCOC2)C2CC23CCNCC3)cs1. The van der Waals surface area contributed by atoms with Crippen molar-refractivity contribution in [1.82, 2.24) is 10.2 Å². The van der Waals surface area contributed by atoms with Crippen molar-refractivity contribution in [2.75, 3.05) is 32.8 Å². The highest BCUT2D eigenvalue weighted by Gasteiger charge is 2.56. The molecule has 0 amide bonds. The zero-order valence-corrected chi connectivity index (χ0v) is 14.2. The van der Waals surface area contributed by atoms with Gasteiger partial charge in [-0.15, -0.1) is 0 Å². The van der Waals surface area contributed by atoms with E-state index in [1.54, 1.807) is 0 Å². The predicted octanol–water partition coefficient (Wildman–Crippen LogP) is 3.12. The number of hydrogen-bond donors (Lipinski definition) is 1. The Hall–Kier alpha value is -0.420. The van der Waals surface area contributed by atoms with Crippen LogP contribution >= 0.6 is 11.3 Å². The van der Waals surface area contributed by atoms with Crippen molar-refractivity contribution in [1.29, 1.82) is 0 Å². The molecule has 22 heavy (non-hydrogen) atoms. The van der Waals surface area contributed by atoms with Gasteiger partial charge in [0.1, 0.15) is 0 Å². The average molecular weight is 321 g/mol. The minimum atomic E-state index is 0.646. The van der Waals surface area contributed by atoms with E-state index in [0.717, 1.165) is 31.7 Å². The van der Waals surface area contributed by atoms with Gasteiger partial charge in [-0.2, -0.15) is 11.3 Å². The third kappa shape index (κ3) is 3.25. The van der Waals surface area contributed by atoms with E-state index in [2.05, 4.69) is 27.0 Å². The van der Waals surface area contributed by atoms with Gasteiger partial charge in [-0.1, -0.05) is 0 Å². The molecule has 0 radical (unpaired) electrons. The van der Waals surface area contributed by atoms with Crippen molar-refractivity contribution >= 4 is 11.3 Å². The molecular weight excluding hydrogens is 292 g/mol. The van der Waals surface area contributed by atoms with E-state index in [-0.39, 0.29) is 0 Å². The lowest BCUT2D eigenvalue weighted by Crippen LogP contribution is -2.36. The van der Waals surface area contributed by atoms with Gasteiger partial charge < -0.3 is 10.1 Å². The molecule has 3 nitrogen and oxygen atoms in total. The fraction of sp³-hybridized carbons (Fsp3) is 0.778. The maximum atomic E-state index is 5.56. The van der Waals surface area contributed by atoms with Crippen LogP contribution in [-0.4, -0.2) is 43.8 Å². The molecule has 4 rings (SSSR count). The Balaban J connectivity index is 1.39. The van der Waals surface area contributed by atoms with Gasteiger partial charge in [-0.05, 0) is 85.5 Å². The van der Waals surface area contributed by atoms with Crippen molar-refractivity contribution < 1.29 is 4.74 Å². The first-order valence-electron chi connectivity index (χ1n) is 8.89. The summed E-state index contributed by atoms with van der Waals surface area (Å²) in [5.74, 6) is 0.799. The molecule has 4 heteroatoms. The lowest BCUT2D eigenvalue weighted by molar-refractivity contribution is 0.164. The first-order valence-corrected chi connectivity index (χ1v) is 9.84. The summed E-state index contributed by atoms with van der Waals surface area (Å²) in [6.45, 7) is 6.82. The Morgan fingerprint density at radius 1 is 1.36 bits per heavy atom. The highest BCUT2D eigenvalue weighted by atomic mass is 32.1. The zero-order chi connectivity index (χ0) is 14.8. The highest BCUT2D eigenvalue weighted by Crippen LogP contribution is 2.56. The van der Waals surface area contributed by atoms with Gasteiger partial charge in [-0.25, -0.2) is 0 Å². The zero-order valence-electron chi connectivity index (χ0n) is 13.4. The Bertz CT molecular complexity index is 463. The van der Waals surface area contributed by atoms with Crippen LogP contribution in [0.3, 0.4) is 0 Å². The van der Waals surface area contributed by atoms with E-state index in [1.807, 2.05) is 11.3 Å². The molecule has 1 saturated carbocycles. The van der Waals surface area contributed by atoms with Gasteiger partial charge in [0, 0.05) is 25.8 Å². The van der Waals surface area contributed by atoms with Crippen LogP contribution in [0.1, 0.15) is 37.7 Å². The molecule has 2 atom stereocenters. The van der Waals surface area contributed by atoms with Crippen LogP contribution in [-0.2, 0) is 11.3 Å². The second-order valence-corrected chi connectivity index (χ2v) is 8.23. The quantitative estimate of drug-likeness (QED) is 0.871. The van der Waals surface area contributed by atoms with Crippen LogP contribution in [0.25, 0.3) is 0 Å². The summed E-state index contributed by atoms with van der Waals surface area (Å²) in [4.78, 5) is 2.80. The van der Waals surface area contributed by atoms with Gasteiger partial charge in [0.15, 0.2) is 0 Å². The van der Waals surface area contributed by atoms with Crippen LogP contribution in [0.4, 0.5) is 0 Å². The molecule has 2 aliphatic heterocycles. The van der Waals surface area contributed by atoms with Gasteiger partial charge in [-0.3, -0.25) is 4.90 Å². The summed E-state index contributed by atoms with van der Waals surface area (Å²) in [6.07, 6.45) is 6.77. The maximum absolute atomic E-state index is 5.56. The molecule has 0 aromatic carbocycles. The van der Waals surface area contributed by atoms with Crippen molar-refractivity contribution in [3.63, 3.8) is 0 Å². The molecule has 1 spiro atoms. The number of nitrogens with one attached hydrogen (secondary N) is 1. The molecule has 3 heterocycles. The molecule has 1 N–H and O–H groups in total. The number of nitrogens with zero attached hydrogens (tertiary/aromatic N) is 1. The Morgan fingerprint density at radius 2 is 2.27 bits per heavy atom. The minimum absolute atomic E-state index is 0.646. The lowest BCUT2D eigenvalue weighted by atomic mass is 9.93. The third-order valence-electron chi connectivity index (χ3n) is 6.00. The summed E-state index contributed by atoms with van der Waals surface area (Å²) < 4.78 is 5.56. The minimum Gasteiger partial charge on any atom is -0.381 e. The molecule has 2 saturated heterocycles. The number of thiophene rings is 1. The summed E-state index contributed by atoms with van der Waals surface area (Å²) in [6, 6.07) is 3.13. The fourth-order valence-corrected chi connectivity index (χ4v) is 5.09. The average Bonchev–Trinajstić information content (AvgIpc) is 2.98. The summed E-state index contributed by atoms with van der Waals surface area (Å²) >= 11 is 1.83. The van der Waals surface area contributed by atoms with Gasteiger partial charge in [0.05, 0.1) is 0 Å². The van der Waals surface area contributed by atoms with Gasteiger partial charge in [0.25, 0.3) is 0 Å². The molecule has 3 fully saturated rings. The predicted molar refractivity (Wildman–Crippen MR) is 91.2 cm³/mol. The molecule has 122 valence electrons. The fourth-order valence-electron chi connectivity index (χ4n) is 4.43. The Morgan fingerprint density at radius 3 is 3.00 bits per heavy atom. The summed E-state index contributed by atoms with van der Waals surface area (Å²) in [7, 11) is 0. The number of ether oxygens (including phenoxy) is 1. The normalized spacial score (nSPS) is 30.2. The summed E-state index contributed by atoms with van der Waals surface area (Å²) in [5.41, 5.74) is 2.15. The molecule has 1 aromatic rings. The van der Waals surface area contributed by atoms with E-state index < -0.39 is 0 Å². The molecule has 2 unspecified atom stereocenters. The number of piperidine rings is 1.